The zero-order valence-corrected chi connectivity index (χ0v) is 15.9. The monoisotopic (exact) mass is 394 g/mol. The van der Waals surface area contributed by atoms with E-state index < -0.39 is 0 Å². The van der Waals surface area contributed by atoms with E-state index in [4.69, 9.17) is 27.9 Å². The van der Waals surface area contributed by atoms with Gasteiger partial charge < -0.3 is 4.74 Å². The van der Waals surface area contributed by atoms with Gasteiger partial charge in [-0.25, -0.2) is 0 Å². The van der Waals surface area contributed by atoms with Gasteiger partial charge in [0.2, 0.25) is 0 Å². The molecule has 0 saturated carbocycles. The molecule has 1 aliphatic rings. The fourth-order valence-corrected chi connectivity index (χ4v) is 3.74. The minimum atomic E-state index is -0.0724. The van der Waals surface area contributed by atoms with Crippen molar-refractivity contribution < 1.29 is 9.53 Å². The van der Waals surface area contributed by atoms with Gasteiger partial charge in [0.25, 0.3) is 5.91 Å². The van der Waals surface area contributed by atoms with Gasteiger partial charge in [-0.1, -0.05) is 47.1 Å². The molecule has 0 spiro atoms. The van der Waals surface area contributed by atoms with Crippen molar-refractivity contribution >= 4 is 46.0 Å². The first-order chi connectivity index (χ1) is 12.1. The van der Waals surface area contributed by atoms with Crippen molar-refractivity contribution in [2.75, 3.05) is 20.2 Å². The molecule has 130 valence electrons. The van der Waals surface area contributed by atoms with Crippen LogP contribution in [0, 0.1) is 0 Å². The number of amidine groups is 1. The van der Waals surface area contributed by atoms with Gasteiger partial charge in [0.05, 0.1) is 23.7 Å². The number of aliphatic imine (C=N–C) groups is 1. The smallest absolute Gasteiger partial charge is 0.260 e. The number of hydrogen-bond donors (Lipinski definition) is 0. The lowest BCUT2D eigenvalue weighted by molar-refractivity contribution is 0.0860. The van der Waals surface area contributed by atoms with E-state index in [9.17, 15) is 4.79 Å². The number of halogens is 2. The number of hydrogen-bond acceptors (Lipinski definition) is 4. The van der Waals surface area contributed by atoms with Gasteiger partial charge in [-0.05, 0) is 35.9 Å². The Balaban J connectivity index is 1.69. The van der Waals surface area contributed by atoms with Crippen LogP contribution < -0.4 is 4.74 Å². The normalized spacial score (nSPS) is 13.7. The number of nitrogens with zero attached hydrogens (tertiary/aromatic N) is 2. The van der Waals surface area contributed by atoms with Crippen LogP contribution in [0.25, 0.3) is 0 Å². The van der Waals surface area contributed by atoms with Crippen molar-refractivity contribution in [3.8, 4) is 5.75 Å². The summed E-state index contributed by atoms with van der Waals surface area (Å²) in [5, 5.41) is 1.78. The Kier molecular flexibility index (Phi) is 5.89. The molecule has 3 rings (SSSR count). The number of amides is 1. The minimum Gasteiger partial charge on any atom is -0.497 e. The molecule has 1 heterocycles. The van der Waals surface area contributed by atoms with Crippen molar-refractivity contribution in [3.05, 3.63) is 63.6 Å². The number of thioether (sulfide) groups is 1. The molecule has 0 saturated heterocycles. The maximum absolute atomic E-state index is 12.8. The van der Waals surface area contributed by atoms with Gasteiger partial charge in [-0.2, -0.15) is 0 Å². The third-order valence-electron chi connectivity index (χ3n) is 3.72. The van der Waals surface area contributed by atoms with Crippen LogP contribution in [0.2, 0.25) is 10.0 Å². The van der Waals surface area contributed by atoms with Crippen LogP contribution >= 0.6 is 35.0 Å². The van der Waals surface area contributed by atoms with Crippen molar-refractivity contribution in [1.82, 2.24) is 4.90 Å². The lowest BCUT2D eigenvalue weighted by Gasteiger charge is -2.18. The zero-order valence-electron chi connectivity index (χ0n) is 13.5. The van der Waals surface area contributed by atoms with Crippen LogP contribution in [0.3, 0.4) is 0 Å². The molecule has 1 aliphatic heterocycles. The minimum absolute atomic E-state index is 0.0724. The summed E-state index contributed by atoms with van der Waals surface area (Å²) in [6.07, 6.45) is 0. The molecule has 0 bridgehead atoms. The summed E-state index contributed by atoms with van der Waals surface area (Å²) < 4.78 is 5.19. The molecule has 0 unspecified atom stereocenters. The molecule has 2 aromatic rings. The van der Waals surface area contributed by atoms with Gasteiger partial charge in [0.15, 0.2) is 5.17 Å². The maximum atomic E-state index is 12.8. The number of ether oxygens (including phenoxy) is 1. The van der Waals surface area contributed by atoms with E-state index in [2.05, 4.69) is 4.99 Å². The Labute approximate surface area is 160 Å². The second-order valence-corrected chi connectivity index (χ2v) is 7.15. The van der Waals surface area contributed by atoms with Crippen LogP contribution in [0.1, 0.15) is 15.9 Å². The topological polar surface area (TPSA) is 41.9 Å². The Hall–Kier alpha value is -1.69. The van der Waals surface area contributed by atoms with Gasteiger partial charge in [-0.3, -0.25) is 14.7 Å². The van der Waals surface area contributed by atoms with Crippen molar-refractivity contribution in [2.24, 2.45) is 4.99 Å². The summed E-state index contributed by atoms with van der Waals surface area (Å²) in [6, 6.07) is 12.7. The summed E-state index contributed by atoms with van der Waals surface area (Å²) in [6.45, 7) is 1.19. The standard InChI is InChI=1S/C18H16Cl2N2O2S/c1-24-14-4-2-3-13(10-14)17(23)22-8-7-21-18(22)25-11-12-5-6-15(19)16(20)9-12/h2-6,9-10H,7-8,11H2,1H3. The average molecular weight is 395 g/mol. The van der Waals surface area contributed by atoms with Gasteiger partial charge in [0.1, 0.15) is 5.75 Å². The summed E-state index contributed by atoms with van der Waals surface area (Å²) >= 11 is 13.5. The highest BCUT2D eigenvalue weighted by molar-refractivity contribution is 8.13. The molecule has 2 aromatic carbocycles. The summed E-state index contributed by atoms with van der Waals surface area (Å²) in [4.78, 5) is 18.9. The average Bonchev–Trinajstić information content (AvgIpc) is 3.10. The van der Waals surface area contributed by atoms with Crippen LogP contribution in [0.4, 0.5) is 0 Å². The van der Waals surface area contributed by atoms with Crippen LogP contribution in [-0.4, -0.2) is 36.2 Å². The second kappa shape index (κ2) is 8.13. The predicted octanol–water partition coefficient (Wildman–Crippen LogP) is 4.75. The summed E-state index contributed by atoms with van der Waals surface area (Å²) in [7, 11) is 1.58. The number of carbonyl (C=O) groups excluding carboxylic acids is 1. The lowest BCUT2D eigenvalue weighted by Crippen LogP contribution is -2.32. The number of benzene rings is 2. The Morgan fingerprint density at radius 1 is 1.24 bits per heavy atom. The molecular weight excluding hydrogens is 379 g/mol. The molecule has 0 fully saturated rings. The Morgan fingerprint density at radius 3 is 2.84 bits per heavy atom. The molecule has 0 radical (unpaired) electrons. The Bertz CT molecular complexity index is 826. The van der Waals surface area contributed by atoms with E-state index in [0.717, 1.165) is 10.7 Å². The van der Waals surface area contributed by atoms with E-state index in [1.54, 1.807) is 30.2 Å². The molecule has 0 atom stereocenters. The molecule has 0 aliphatic carbocycles. The second-order valence-electron chi connectivity index (χ2n) is 5.39. The molecule has 0 N–H and O–H groups in total. The highest BCUT2D eigenvalue weighted by atomic mass is 35.5. The third kappa shape index (κ3) is 4.29. The van der Waals surface area contributed by atoms with Crippen molar-refractivity contribution in [2.45, 2.75) is 5.75 Å². The largest absolute Gasteiger partial charge is 0.497 e. The fraction of sp³-hybridized carbons (Fsp3) is 0.222. The number of rotatable bonds is 4. The Morgan fingerprint density at radius 2 is 2.08 bits per heavy atom. The molecule has 0 aromatic heterocycles. The van der Waals surface area contributed by atoms with Crippen molar-refractivity contribution in [1.29, 1.82) is 0 Å². The predicted molar refractivity (Wildman–Crippen MR) is 104 cm³/mol. The highest BCUT2D eigenvalue weighted by Crippen LogP contribution is 2.27. The molecule has 1 amide bonds. The fourth-order valence-electron chi connectivity index (χ4n) is 2.43. The highest BCUT2D eigenvalue weighted by Gasteiger charge is 2.25. The van der Waals surface area contributed by atoms with E-state index >= 15 is 0 Å². The van der Waals surface area contributed by atoms with Gasteiger partial charge in [0, 0.05) is 17.9 Å². The third-order valence-corrected chi connectivity index (χ3v) is 5.54. The summed E-state index contributed by atoms with van der Waals surface area (Å²) in [5.74, 6) is 1.25. The molecule has 25 heavy (non-hydrogen) atoms. The maximum Gasteiger partial charge on any atom is 0.260 e. The van der Waals surface area contributed by atoms with E-state index in [1.165, 1.54) is 11.8 Å². The summed E-state index contributed by atoms with van der Waals surface area (Å²) in [5.41, 5.74) is 1.62. The van der Waals surface area contributed by atoms with Gasteiger partial charge >= 0.3 is 0 Å². The van der Waals surface area contributed by atoms with Crippen LogP contribution in [0.5, 0.6) is 5.75 Å². The van der Waals surface area contributed by atoms with E-state index in [0.29, 0.717) is 40.2 Å². The first-order valence-corrected chi connectivity index (χ1v) is 9.40. The number of methoxy groups -OCH3 is 1. The van der Waals surface area contributed by atoms with Crippen LogP contribution in [0.15, 0.2) is 47.5 Å². The zero-order chi connectivity index (χ0) is 17.8. The molecular formula is C18H16Cl2N2O2S. The van der Waals surface area contributed by atoms with Crippen molar-refractivity contribution in [3.63, 3.8) is 0 Å². The van der Waals surface area contributed by atoms with Crippen LogP contribution in [-0.2, 0) is 5.75 Å². The van der Waals surface area contributed by atoms with Gasteiger partial charge in [-0.15, -0.1) is 0 Å². The molecule has 7 heteroatoms. The van der Waals surface area contributed by atoms with E-state index in [-0.39, 0.29) is 5.91 Å². The SMILES string of the molecule is COc1cccc(C(=O)N2CCN=C2SCc2ccc(Cl)c(Cl)c2)c1. The molecule has 4 nitrogen and oxygen atoms in total. The number of carbonyl (C=O) groups is 1. The van der Waals surface area contributed by atoms with E-state index in [1.807, 2.05) is 24.3 Å². The quantitative estimate of drug-likeness (QED) is 0.751. The lowest BCUT2D eigenvalue weighted by atomic mass is 10.2. The first kappa shape index (κ1) is 18.1. The first-order valence-electron chi connectivity index (χ1n) is 7.65.